The number of nitrogens with one attached hydrogen (secondary N) is 1. The van der Waals surface area contributed by atoms with Gasteiger partial charge in [-0.15, -0.1) is 10.2 Å². The number of allylic oxidation sites excluding steroid dienone is 3. The molecule has 2 aliphatic rings. The number of aromatic nitrogens is 2. The lowest BCUT2D eigenvalue weighted by Crippen LogP contribution is -2.42. The number of nitrogens with two attached hydrogens (primary N) is 1. The number of carbonyl (C=O) groups is 2. The molecule has 3 N–H and O–H groups in total. The third-order valence-electron chi connectivity index (χ3n) is 7.01. The van der Waals surface area contributed by atoms with Gasteiger partial charge in [-0.3, -0.25) is 24.6 Å². The topological polar surface area (TPSA) is 168 Å². The fourth-order valence-electron chi connectivity index (χ4n) is 5.28. The molecule has 0 saturated heterocycles. The number of anilines is 2. The first-order chi connectivity index (χ1) is 20.0. The van der Waals surface area contributed by atoms with Crippen molar-refractivity contribution in [2.45, 2.75) is 43.9 Å². The van der Waals surface area contributed by atoms with E-state index in [9.17, 15) is 25.0 Å². The Morgan fingerprint density at radius 1 is 1.26 bits per heavy atom. The second-order valence-electron chi connectivity index (χ2n) is 10.9. The number of rotatable bonds is 7. The predicted octanol–water partition coefficient (Wildman–Crippen LogP) is 5.43. The van der Waals surface area contributed by atoms with E-state index in [4.69, 9.17) is 5.73 Å². The largest absolute Gasteiger partial charge is 0.384 e. The number of carbonyl (C=O) groups excluding carboxylic acids is 2. The van der Waals surface area contributed by atoms with Gasteiger partial charge in [-0.1, -0.05) is 72.8 Å². The number of Topliss-reactive ketones (excluding diaryl/α,β-unsaturated/α-hetero) is 1. The van der Waals surface area contributed by atoms with E-state index in [1.54, 1.807) is 11.0 Å². The zero-order valence-electron chi connectivity index (χ0n) is 23.1. The first-order valence-corrected chi connectivity index (χ1v) is 14.8. The third kappa shape index (κ3) is 5.77. The Morgan fingerprint density at radius 2 is 2.02 bits per heavy atom. The molecule has 13 heteroatoms. The lowest BCUT2D eigenvalue weighted by Gasteiger charge is -2.42. The maximum Gasteiger partial charge on any atom is 0.271 e. The Hall–Kier alpha value is -4.54. The molecule has 3 aromatic rings. The summed E-state index contributed by atoms with van der Waals surface area (Å²) in [7, 11) is 0. The maximum absolute atomic E-state index is 13.7. The number of hydrogen-bond donors (Lipinski definition) is 2. The van der Waals surface area contributed by atoms with Crippen molar-refractivity contribution in [1.82, 2.24) is 10.2 Å². The van der Waals surface area contributed by atoms with Crippen LogP contribution in [0.4, 0.5) is 16.5 Å². The number of ketones is 1. The molecular formula is C29H27N7O4S2. The van der Waals surface area contributed by atoms with Crippen LogP contribution in [-0.2, 0) is 9.59 Å². The number of amides is 1. The van der Waals surface area contributed by atoms with Gasteiger partial charge in [0.2, 0.25) is 11.0 Å². The molecule has 0 saturated carbocycles. The third-order valence-corrected chi connectivity index (χ3v) is 9.05. The molecule has 214 valence electrons. The Balaban J connectivity index is 1.44. The summed E-state index contributed by atoms with van der Waals surface area (Å²) in [6.45, 7) is 6.01. The number of nitriles is 1. The summed E-state index contributed by atoms with van der Waals surface area (Å²) in [6.07, 6.45) is 0.890. The van der Waals surface area contributed by atoms with Gasteiger partial charge in [0.15, 0.2) is 10.1 Å². The van der Waals surface area contributed by atoms with Crippen LogP contribution in [0.3, 0.4) is 0 Å². The highest BCUT2D eigenvalue weighted by Gasteiger charge is 2.45. The molecule has 0 fully saturated rings. The first-order valence-electron chi connectivity index (χ1n) is 13.0. The van der Waals surface area contributed by atoms with Crippen molar-refractivity contribution in [2.24, 2.45) is 11.1 Å². The van der Waals surface area contributed by atoms with Gasteiger partial charge in [0.05, 0.1) is 28.2 Å². The van der Waals surface area contributed by atoms with E-state index in [0.717, 1.165) is 22.9 Å². The van der Waals surface area contributed by atoms with Gasteiger partial charge in [0.25, 0.3) is 5.69 Å². The number of thioether (sulfide) groups is 1. The van der Waals surface area contributed by atoms with Crippen LogP contribution in [0.5, 0.6) is 0 Å². The molecule has 5 rings (SSSR count). The molecule has 1 aliphatic heterocycles. The van der Waals surface area contributed by atoms with Gasteiger partial charge in [0, 0.05) is 35.5 Å². The maximum atomic E-state index is 13.7. The highest BCUT2D eigenvalue weighted by Crippen LogP contribution is 2.50. The van der Waals surface area contributed by atoms with Crippen molar-refractivity contribution in [3.05, 3.63) is 92.4 Å². The quantitative estimate of drug-likeness (QED) is 0.202. The lowest BCUT2D eigenvalue weighted by atomic mass is 9.68. The molecule has 1 unspecified atom stereocenters. The van der Waals surface area contributed by atoms with Crippen molar-refractivity contribution >= 4 is 51.3 Å². The minimum Gasteiger partial charge on any atom is -0.384 e. The van der Waals surface area contributed by atoms with Gasteiger partial charge in [-0.05, 0) is 30.4 Å². The zero-order chi connectivity index (χ0) is 30.2. The summed E-state index contributed by atoms with van der Waals surface area (Å²) < 4.78 is 0.481. The fourth-order valence-corrected chi connectivity index (χ4v) is 6.96. The van der Waals surface area contributed by atoms with Crippen LogP contribution in [0.2, 0.25) is 0 Å². The second kappa shape index (κ2) is 11.4. The SMILES string of the molecule is Cc1cccc(C2C(C#N)=C(N)N(c3nnc(SCC(=O)Nc4cccc([N+](=O)[O-])c4)s3)C3=C2C(=O)CC(C)(C)C3)c1. The predicted molar refractivity (Wildman–Crippen MR) is 161 cm³/mol. The van der Waals surface area contributed by atoms with Crippen LogP contribution in [0.1, 0.15) is 43.7 Å². The number of aryl methyl sites for hydroxylation is 1. The van der Waals surface area contributed by atoms with Crippen molar-refractivity contribution in [2.75, 3.05) is 16.0 Å². The van der Waals surface area contributed by atoms with E-state index >= 15 is 0 Å². The molecule has 0 spiro atoms. The van der Waals surface area contributed by atoms with Crippen LogP contribution in [0.25, 0.3) is 0 Å². The molecule has 42 heavy (non-hydrogen) atoms. The summed E-state index contributed by atoms with van der Waals surface area (Å²) in [5.41, 5.74) is 9.91. The number of nitro benzene ring substituents is 1. The number of nitrogens with zero attached hydrogens (tertiary/aromatic N) is 5. The number of non-ortho nitro benzene ring substituents is 1. The molecular weight excluding hydrogens is 574 g/mol. The van der Waals surface area contributed by atoms with Crippen LogP contribution in [0, 0.1) is 33.8 Å². The van der Waals surface area contributed by atoms with Crippen molar-refractivity contribution in [1.29, 1.82) is 5.26 Å². The number of nitro groups is 1. The number of hydrogen-bond acceptors (Lipinski definition) is 11. The van der Waals surface area contributed by atoms with Gasteiger partial charge in [0.1, 0.15) is 5.82 Å². The van der Waals surface area contributed by atoms with E-state index in [0.29, 0.717) is 39.3 Å². The van der Waals surface area contributed by atoms with E-state index in [1.165, 1.54) is 29.5 Å². The number of benzene rings is 2. The van der Waals surface area contributed by atoms with E-state index < -0.39 is 10.8 Å². The van der Waals surface area contributed by atoms with Crippen molar-refractivity contribution < 1.29 is 14.5 Å². The molecule has 1 aromatic heterocycles. The fraction of sp³-hybridized carbons (Fsp3) is 0.276. The Kier molecular flexibility index (Phi) is 7.85. The van der Waals surface area contributed by atoms with Crippen molar-refractivity contribution in [3.8, 4) is 6.07 Å². The van der Waals surface area contributed by atoms with E-state index in [-0.39, 0.29) is 39.9 Å². The van der Waals surface area contributed by atoms with Crippen LogP contribution < -0.4 is 16.0 Å². The summed E-state index contributed by atoms with van der Waals surface area (Å²) in [4.78, 5) is 38.4. The minimum absolute atomic E-state index is 0.0129. The molecule has 1 aliphatic carbocycles. The minimum atomic E-state index is -0.580. The van der Waals surface area contributed by atoms with E-state index in [1.807, 2.05) is 45.0 Å². The van der Waals surface area contributed by atoms with Crippen molar-refractivity contribution in [3.63, 3.8) is 0 Å². The molecule has 0 bridgehead atoms. The van der Waals surface area contributed by atoms with Crippen LogP contribution >= 0.6 is 23.1 Å². The van der Waals surface area contributed by atoms with Crippen LogP contribution in [-0.4, -0.2) is 32.6 Å². The highest BCUT2D eigenvalue weighted by atomic mass is 32.2. The van der Waals surface area contributed by atoms with Gasteiger partial charge < -0.3 is 11.1 Å². The highest BCUT2D eigenvalue weighted by molar-refractivity contribution is 8.01. The van der Waals surface area contributed by atoms with E-state index in [2.05, 4.69) is 21.6 Å². The lowest BCUT2D eigenvalue weighted by molar-refractivity contribution is -0.384. The normalized spacial score (nSPS) is 18.0. The first kappa shape index (κ1) is 29.0. The molecule has 1 atom stereocenters. The zero-order valence-corrected chi connectivity index (χ0v) is 24.7. The summed E-state index contributed by atoms with van der Waals surface area (Å²) in [5, 5.41) is 32.9. The standard InChI is InChI=1S/C29H27N7O4S2/c1-16-6-4-7-17(10-16)24-20(14-30)26(31)35(21-12-29(2,3)13-22(37)25(21)24)27-33-34-28(42-27)41-15-23(38)32-18-8-5-9-19(11-18)36(39)40/h4-11,24H,12-13,15,31H2,1-3H3,(H,32,38). The van der Waals surface area contributed by atoms with Crippen LogP contribution in [0.15, 0.2) is 75.5 Å². The van der Waals surface area contributed by atoms with Gasteiger partial charge in [-0.2, -0.15) is 5.26 Å². The Labute approximate surface area is 250 Å². The monoisotopic (exact) mass is 601 g/mol. The van der Waals surface area contributed by atoms with Gasteiger partial charge in [-0.25, -0.2) is 0 Å². The summed E-state index contributed by atoms with van der Waals surface area (Å²) in [5.74, 6) is -0.795. The second-order valence-corrected chi connectivity index (χ2v) is 13.1. The molecule has 11 nitrogen and oxygen atoms in total. The molecule has 2 heterocycles. The molecule has 0 radical (unpaired) electrons. The molecule has 1 amide bonds. The average molecular weight is 602 g/mol. The van der Waals surface area contributed by atoms with Gasteiger partial charge >= 0.3 is 0 Å². The summed E-state index contributed by atoms with van der Waals surface area (Å²) >= 11 is 2.34. The Bertz CT molecular complexity index is 1720. The average Bonchev–Trinajstić information content (AvgIpc) is 3.39. The molecule has 2 aromatic carbocycles. The Morgan fingerprint density at radius 3 is 2.74 bits per heavy atom. The smallest absolute Gasteiger partial charge is 0.271 e. The summed E-state index contributed by atoms with van der Waals surface area (Å²) in [6, 6.07) is 15.7.